The van der Waals surface area contributed by atoms with Gasteiger partial charge in [0.25, 0.3) is 5.91 Å². The second-order valence-electron chi connectivity index (χ2n) is 7.42. The van der Waals surface area contributed by atoms with E-state index in [2.05, 4.69) is 0 Å². The molecule has 0 N–H and O–H groups in total. The molecule has 25 heavy (non-hydrogen) atoms. The quantitative estimate of drug-likeness (QED) is 0.671. The van der Waals surface area contributed by atoms with E-state index in [9.17, 15) is 13.2 Å². The van der Waals surface area contributed by atoms with Gasteiger partial charge in [-0.3, -0.25) is 14.7 Å². The fourth-order valence-electron chi connectivity index (χ4n) is 4.57. The van der Waals surface area contributed by atoms with E-state index in [-0.39, 0.29) is 23.5 Å². The van der Waals surface area contributed by atoms with Crippen LogP contribution in [0.2, 0.25) is 0 Å². The number of fused-ring (bicyclic) bond motifs is 2. The Labute approximate surface area is 150 Å². The summed E-state index contributed by atoms with van der Waals surface area (Å²) in [6.45, 7) is 5.80. The first-order chi connectivity index (χ1) is 11.9. The van der Waals surface area contributed by atoms with Gasteiger partial charge in [-0.15, -0.1) is 0 Å². The largest absolute Gasteiger partial charge is 0.383 e. The van der Waals surface area contributed by atoms with E-state index >= 15 is 0 Å². The Kier molecular flexibility index (Phi) is 5.23. The van der Waals surface area contributed by atoms with Crippen LogP contribution in [-0.4, -0.2) is 74.0 Å². The number of methoxy groups -OCH3 is 1. The summed E-state index contributed by atoms with van der Waals surface area (Å²) >= 11 is 0. The van der Waals surface area contributed by atoms with Crippen LogP contribution in [-0.2, 0) is 19.6 Å². The van der Waals surface area contributed by atoms with Crippen LogP contribution in [0.4, 0.5) is 0 Å². The molecule has 1 amide bonds. The molecule has 0 unspecified atom stereocenters. The molecule has 142 valence electrons. The molecule has 0 aromatic carbocycles. The summed E-state index contributed by atoms with van der Waals surface area (Å²) in [7, 11) is -1.61. The minimum absolute atomic E-state index is 0.00102. The fourth-order valence-corrected chi connectivity index (χ4v) is 6.28. The lowest BCUT2D eigenvalue weighted by Gasteiger charge is -2.28. The average molecular weight is 372 g/mol. The van der Waals surface area contributed by atoms with Crippen LogP contribution in [0.5, 0.6) is 0 Å². The molecule has 0 aromatic heterocycles. The third-order valence-corrected chi connectivity index (χ3v) is 7.84. The van der Waals surface area contributed by atoms with E-state index in [4.69, 9.17) is 9.73 Å². The van der Waals surface area contributed by atoms with Gasteiger partial charge in [-0.25, -0.2) is 12.7 Å². The van der Waals surface area contributed by atoms with Crippen molar-refractivity contribution in [3.63, 3.8) is 0 Å². The Morgan fingerprint density at radius 2 is 2.12 bits per heavy atom. The fraction of sp³-hybridized carbons (Fsp3) is 0.882. The smallest absolute Gasteiger partial charge is 0.256 e. The molecule has 1 aliphatic carbocycles. The number of aliphatic imine (C=N–C) groups is 1. The van der Waals surface area contributed by atoms with E-state index in [0.717, 1.165) is 25.1 Å². The van der Waals surface area contributed by atoms with Crippen molar-refractivity contribution in [2.45, 2.75) is 45.1 Å². The molecule has 0 bridgehead atoms. The van der Waals surface area contributed by atoms with Gasteiger partial charge in [0.05, 0.1) is 18.9 Å². The van der Waals surface area contributed by atoms with Gasteiger partial charge in [0.15, 0.2) is 0 Å². The molecule has 1 spiro atoms. The first kappa shape index (κ1) is 18.8. The molecule has 2 fully saturated rings. The van der Waals surface area contributed by atoms with Crippen molar-refractivity contribution in [3.8, 4) is 0 Å². The monoisotopic (exact) mass is 371 g/mol. The van der Waals surface area contributed by atoms with Gasteiger partial charge >= 0.3 is 0 Å². The van der Waals surface area contributed by atoms with Crippen molar-refractivity contribution >= 4 is 21.8 Å². The molecule has 2 heterocycles. The van der Waals surface area contributed by atoms with Crippen molar-refractivity contribution in [1.29, 1.82) is 0 Å². The van der Waals surface area contributed by atoms with Crippen molar-refractivity contribution < 1.29 is 17.9 Å². The van der Waals surface area contributed by atoms with Crippen LogP contribution >= 0.6 is 0 Å². The van der Waals surface area contributed by atoms with Gasteiger partial charge in [-0.1, -0.05) is 13.3 Å². The maximum atomic E-state index is 13.1. The SMILES string of the molecule is CCCCS(=O)(=O)N1C[C@H]2CC[C@@]3(N=C(C)N(CCOC)C3=O)[C@H]2C1. The highest BCUT2D eigenvalue weighted by atomic mass is 32.2. The summed E-state index contributed by atoms with van der Waals surface area (Å²) in [5.41, 5.74) is -0.752. The Balaban J connectivity index is 1.77. The lowest BCUT2D eigenvalue weighted by Crippen LogP contribution is -2.47. The second-order valence-corrected chi connectivity index (χ2v) is 9.51. The van der Waals surface area contributed by atoms with Crippen molar-refractivity contribution in [1.82, 2.24) is 9.21 Å². The molecule has 8 heteroatoms. The Hall–Kier alpha value is -0.990. The Morgan fingerprint density at radius 3 is 2.80 bits per heavy atom. The first-order valence-electron chi connectivity index (χ1n) is 9.21. The summed E-state index contributed by atoms with van der Waals surface area (Å²) < 4.78 is 31.8. The Bertz CT molecular complexity index is 663. The third kappa shape index (κ3) is 3.13. The van der Waals surface area contributed by atoms with E-state index in [1.165, 1.54) is 0 Å². The standard InChI is InChI=1S/C17H29N3O4S/c1-4-5-10-25(22,23)19-11-14-6-7-17(15(14)12-19)16(21)20(8-9-24-3)13(2)18-17/h14-15H,4-12H2,1-3H3/t14-,15+,17-/m1/s1. The van der Waals surface area contributed by atoms with Gasteiger partial charge in [0.2, 0.25) is 10.0 Å². The Morgan fingerprint density at radius 1 is 1.36 bits per heavy atom. The normalized spacial score (nSPS) is 32.7. The van der Waals surface area contributed by atoms with Gasteiger partial charge in [0.1, 0.15) is 11.4 Å². The highest BCUT2D eigenvalue weighted by molar-refractivity contribution is 7.89. The lowest BCUT2D eigenvalue weighted by atomic mass is 9.85. The zero-order valence-electron chi connectivity index (χ0n) is 15.4. The summed E-state index contributed by atoms with van der Waals surface area (Å²) in [6.07, 6.45) is 3.14. The van der Waals surface area contributed by atoms with Crippen LogP contribution in [0, 0.1) is 11.8 Å². The van der Waals surface area contributed by atoms with Gasteiger partial charge in [-0.05, 0) is 32.1 Å². The van der Waals surface area contributed by atoms with Gasteiger partial charge in [-0.2, -0.15) is 0 Å². The number of carbonyl (C=O) groups is 1. The molecule has 0 radical (unpaired) electrons. The summed E-state index contributed by atoms with van der Waals surface area (Å²) in [5, 5.41) is 0. The number of rotatable bonds is 7. The number of carbonyl (C=O) groups excluding carboxylic acids is 1. The number of unbranched alkanes of at least 4 members (excludes halogenated alkanes) is 1. The second kappa shape index (κ2) is 6.96. The number of hydrogen-bond donors (Lipinski definition) is 0. The summed E-state index contributed by atoms with van der Waals surface area (Å²) in [5.74, 6) is 1.20. The molecule has 1 saturated carbocycles. The number of amides is 1. The molecule has 1 saturated heterocycles. The molecular formula is C17H29N3O4S. The average Bonchev–Trinajstić information content (AvgIpc) is 3.20. The zero-order valence-corrected chi connectivity index (χ0v) is 16.2. The molecule has 3 atom stereocenters. The maximum absolute atomic E-state index is 13.1. The van der Waals surface area contributed by atoms with Crippen molar-refractivity contribution in [3.05, 3.63) is 0 Å². The minimum Gasteiger partial charge on any atom is -0.383 e. The van der Waals surface area contributed by atoms with Crippen molar-refractivity contribution in [2.75, 3.05) is 39.1 Å². The van der Waals surface area contributed by atoms with Gasteiger partial charge < -0.3 is 4.74 Å². The van der Waals surface area contributed by atoms with E-state index in [1.54, 1.807) is 16.3 Å². The van der Waals surface area contributed by atoms with E-state index < -0.39 is 15.6 Å². The lowest BCUT2D eigenvalue weighted by molar-refractivity contribution is -0.132. The highest BCUT2D eigenvalue weighted by Gasteiger charge is 2.61. The predicted octanol–water partition coefficient (Wildman–Crippen LogP) is 1.10. The molecule has 0 aromatic rings. The number of amidine groups is 1. The zero-order chi connectivity index (χ0) is 18.2. The van der Waals surface area contributed by atoms with Crippen LogP contribution in [0.25, 0.3) is 0 Å². The molecule has 3 aliphatic rings. The topological polar surface area (TPSA) is 79.3 Å². The number of hydrogen-bond acceptors (Lipinski definition) is 5. The van der Waals surface area contributed by atoms with E-state index in [1.807, 2.05) is 13.8 Å². The third-order valence-electron chi connectivity index (χ3n) is 5.95. The van der Waals surface area contributed by atoms with Gasteiger partial charge in [0, 0.05) is 26.1 Å². The number of ether oxygens (including phenoxy) is 1. The molecular weight excluding hydrogens is 342 g/mol. The van der Waals surface area contributed by atoms with Crippen LogP contribution in [0.3, 0.4) is 0 Å². The number of sulfonamides is 1. The number of nitrogens with zero attached hydrogens (tertiary/aromatic N) is 3. The van der Waals surface area contributed by atoms with Crippen molar-refractivity contribution in [2.24, 2.45) is 16.8 Å². The highest BCUT2D eigenvalue weighted by Crippen LogP contribution is 2.50. The summed E-state index contributed by atoms with van der Waals surface area (Å²) in [4.78, 5) is 19.6. The molecule has 7 nitrogen and oxygen atoms in total. The van der Waals surface area contributed by atoms with Crippen LogP contribution < -0.4 is 0 Å². The maximum Gasteiger partial charge on any atom is 0.256 e. The van der Waals surface area contributed by atoms with E-state index in [0.29, 0.717) is 32.7 Å². The molecule has 3 rings (SSSR count). The first-order valence-corrected chi connectivity index (χ1v) is 10.8. The van der Waals surface area contributed by atoms with Crippen LogP contribution in [0.15, 0.2) is 4.99 Å². The van der Waals surface area contributed by atoms with Crippen LogP contribution in [0.1, 0.15) is 39.5 Å². The molecule has 2 aliphatic heterocycles. The predicted molar refractivity (Wildman–Crippen MR) is 95.9 cm³/mol. The minimum atomic E-state index is -3.23. The summed E-state index contributed by atoms with van der Waals surface area (Å²) in [6, 6.07) is 0.